The first-order valence-corrected chi connectivity index (χ1v) is 8.23. The van der Waals surface area contributed by atoms with Gasteiger partial charge in [0.25, 0.3) is 0 Å². The van der Waals surface area contributed by atoms with Gasteiger partial charge < -0.3 is 5.41 Å². The lowest BCUT2D eigenvalue weighted by Crippen LogP contribution is -2.13. The Morgan fingerprint density at radius 3 is 2.54 bits per heavy atom. The van der Waals surface area contributed by atoms with E-state index in [1.54, 1.807) is 37.3 Å². The highest BCUT2D eigenvalue weighted by Gasteiger charge is 2.20. The van der Waals surface area contributed by atoms with E-state index >= 15 is 0 Å². The standard InChI is InChI=1S/C22H17FN2O/c1-13-3-8-20(25)22(26)14(2)9-17-10-15(12-24)11-19(21(13)17)16-4-6-18(23)7-5-16/h4-7,9-11,25H,1,3,8H2,2H3/b14-9+,25-20?. The monoisotopic (exact) mass is 344 g/mol. The summed E-state index contributed by atoms with van der Waals surface area (Å²) in [5.74, 6) is -0.630. The number of ketones is 1. The van der Waals surface area contributed by atoms with Crippen LogP contribution in [-0.4, -0.2) is 11.5 Å². The van der Waals surface area contributed by atoms with Gasteiger partial charge in [-0.3, -0.25) is 4.79 Å². The van der Waals surface area contributed by atoms with Crippen LogP contribution in [0.4, 0.5) is 4.39 Å². The number of rotatable bonds is 1. The van der Waals surface area contributed by atoms with Gasteiger partial charge >= 0.3 is 0 Å². The second-order valence-corrected chi connectivity index (χ2v) is 6.35. The maximum atomic E-state index is 13.3. The molecule has 0 aromatic heterocycles. The third-order valence-electron chi connectivity index (χ3n) is 4.49. The number of benzene rings is 2. The van der Waals surface area contributed by atoms with Crippen LogP contribution in [0.25, 0.3) is 22.8 Å². The van der Waals surface area contributed by atoms with E-state index in [-0.39, 0.29) is 17.3 Å². The summed E-state index contributed by atoms with van der Waals surface area (Å²) in [4.78, 5) is 12.3. The third kappa shape index (κ3) is 3.25. The highest BCUT2D eigenvalue weighted by molar-refractivity contribution is 6.45. The zero-order chi connectivity index (χ0) is 18.8. The maximum Gasteiger partial charge on any atom is 0.202 e. The van der Waals surface area contributed by atoms with Crippen molar-refractivity contribution in [2.75, 3.05) is 0 Å². The number of carbonyl (C=O) groups is 1. The van der Waals surface area contributed by atoms with E-state index < -0.39 is 0 Å². The van der Waals surface area contributed by atoms with Crippen LogP contribution in [0, 0.1) is 22.6 Å². The molecule has 0 saturated heterocycles. The SMILES string of the molecule is C=C1CCC(=N)C(=O)/C(C)=C/c2cc(C#N)cc(-c3ccc(F)cc3)c21. The lowest BCUT2D eigenvalue weighted by atomic mass is 9.87. The molecule has 1 aliphatic carbocycles. The molecule has 0 radical (unpaired) electrons. The molecule has 0 fully saturated rings. The zero-order valence-corrected chi connectivity index (χ0v) is 14.4. The number of nitriles is 1. The zero-order valence-electron chi connectivity index (χ0n) is 14.4. The summed E-state index contributed by atoms with van der Waals surface area (Å²) in [6.45, 7) is 5.82. The smallest absolute Gasteiger partial charge is 0.202 e. The highest BCUT2D eigenvalue weighted by atomic mass is 19.1. The molecule has 0 heterocycles. The van der Waals surface area contributed by atoms with Crippen LogP contribution in [0.1, 0.15) is 36.5 Å². The summed E-state index contributed by atoms with van der Waals surface area (Å²) in [5.41, 5.74) is 4.82. The predicted octanol–water partition coefficient (Wildman–Crippen LogP) is 5.16. The third-order valence-corrected chi connectivity index (χ3v) is 4.49. The average Bonchev–Trinajstić information content (AvgIpc) is 2.67. The summed E-state index contributed by atoms with van der Waals surface area (Å²) >= 11 is 0. The molecule has 1 N–H and O–H groups in total. The number of fused-ring (bicyclic) bond motifs is 1. The second kappa shape index (κ2) is 6.89. The summed E-state index contributed by atoms with van der Waals surface area (Å²) in [7, 11) is 0. The topological polar surface area (TPSA) is 64.7 Å². The van der Waals surface area contributed by atoms with Gasteiger partial charge in [-0.2, -0.15) is 5.26 Å². The number of carbonyl (C=O) groups excluding carboxylic acids is 1. The summed E-state index contributed by atoms with van der Waals surface area (Å²) < 4.78 is 13.3. The molecular weight excluding hydrogens is 327 g/mol. The minimum atomic E-state index is -0.335. The van der Waals surface area contributed by atoms with Crippen molar-refractivity contribution in [3.05, 3.63) is 71.1 Å². The van der Waals surface area contributed by atoms with E-state index in [0.717, 1.165) is 22.3 Å². The Hall–Kier alpha value is -3.32. The van der Waals surface area contributed by atoms with Crippen molar-refractivity contribution >= 4 is 23.1 Å². The van der Waals surface area contributed by atoms with Crippen molar-refractivity contribution in [2.24, 2.45) is 0 Å². The molecule has 0 spiro atoms. The predicted molar refractivity (Wildman–Crippen MR) is 101 cm³/mol. The summed E-state index contributed by atoms with van der Waals surface area (Å²) in [5, 5.41) is 17.4. The van der Waals surface area contributed by atoms with Crippen molar-refractivity contribution in [3.63, 3.8) is 0 Å². The van der Waals surface area contributed by atoms with Crippen LogP contribution in [-0.2, 0) is 4.79 Å². The van der Waals surface area contributed by atoms with Crippen LogP contribution in [0.5, 0.6) is 0 Å². The number of nitrogens with zero attached hydrogens (tertiary/aromatic N) is 1. The molecule has 0 amide bonds. The minimum Gasteiger partial charge on any atom is -0.301 e. The van der Waals surface area contributed by atoms with Crippen LogP contribution < -0.4 is 0 Å². The fourth-order valence-corrected chi connectivity index (χ4v) is 3.15. The van der Waals surface area contributed by atoms with Gasteiger partial charge in [0.15, 0.2) is 0 Å². The fourth-order valence-electron chi connectivity index (χ4n) is 3.15. The van der Waals surface area contributed by atoms with Gasteiger partial charge in [0.1, 0.15) is 5.82 Å². The van der Waals surface area contributed by atoms with Crippen LogP contribution in [0.3, 0.4) is 0 Å². The molecule has 2 aromatic carbocycles. The Morgan fingerprint density at radius 1 is 1.19 bits per heavy atom. The Morgan fingerprint density at radius 2 is 1.88 bits per heavy atom. The Bertz CT molecular complexity index is 1010. The Labute approximate surface area is 151 Å². The lowest BCUT2D eigenvalue weighted by Gasteiger charge is -2.16. The first-order chi connectivity index (χ1) is 12.4. The van der Waals surface area contributed by atoms with Gasteiger partial charge in [0, 0.05) is 0 Å². The molecule has 0 unspecified atom stereocenters. The summed E-state index contributed by atoms with van der Waals surface area (Å²) in [6.07, 6.45) is 2.49. The average molecular weight is 344 g/mol. The molecule has 0 saturated carbocycles. The maximum absolute atomic E-state index is 13.3. The number of halogens is 1. The Balaban J connectivity index is 2.32. The van der Waals surface area contributed by atoms with Gasteiger partial charge in [0.05, 0.1) is 17.3 Å². The Kier molecular flexibility index (Phi) is 4.64. The molecule has 3 rings (SSSR count). The van der Waals surface area contributed by atoms with Crippen LogP contribution in [0.2, 0.25) is 0 Å². The van der Waals surface area contributed by atoms with Crippen molar-refractivity contribution in [1.82, 2.24) is 0 Å². The van der Waals surface area contributed by atoms with Crippen molar-refractivity contribution in [2.45, 2.75) is 19.8 Å². The van der Waals surface area contributed by atoms with Gasteiger partial charge in [-0.25, -0.2) is 4.39 Å². The first-order valence-electron chi connectivity index (χ1n) is 8.23. The van der Waals surface area contributed by atoms with Crippen molar-refractivity contribution in [3.8, 4) is 17.2 Å². The van der Waals surface area contributed by atoms with Crippen molar-refractivity contribution in [1.29, 1.82) is 10.7 Å². The van der Waals surface area contributed by atoms with E-state index in [2.05, 4.69) is 12.6 Å². The lowest BCUT2D eigenvalue weighted by molar-refractivity contribution is -0.109. The van der Waals surface area contributed by atoms with E-state index in [1.807, 2.05) is 0 Å². The fraction of sp³-hybridized carbons (Fsp3) is 0.136. The normalized spacial score (nSPS) is 16.7. The molecule has 0 bridgehead atoms. The number of hydrogen-bond acceptors (Lipinski definition) is 3. The summed E-state index contributed by atoms with van der Waals surface area (Å²) in [6, 6.07) is 11.7. The highest BCUT2D eigenvalue weighted by Crippen LogP contribution is 2.36. The molecule has 3 nitrogen and oxygen atoms in total. The van der Waals surface area contributed by atoms with Gasteiger partial charge in [-0.15, -0.1) is 0 Å². The molecule has 26 heavy (non-hydrogen) atoms. The van der Waals surface area contributed by atoms with Crippen LogP contribution in [0.15, 0.2) is 48.6 Å². The van der Waals surface area contributed by atoms with Crippen LogP contribution >= 0.6 is 0 Å². The van der Waals surface area contributed by atoms with Gasteiger partial charge in [-0.1, -0.05) is 18.7 Å². The largest absolute Gasteiger partial charge is 0.301 e. The molecule has 4 heteroatoms. The second-order valence-electron chi connectivity index (χ2n) is 6.35. The molecule has 2 aromatic rings. The first kappa shape index (κ1) is 17.5. The van der Waals surface area contributed by atoms with Crippen molar-refractivity contribution < 1.29 is 9.18 Å². The van der Waals surface area contributed by atoms with E-state index in [0.29, 0.717) is 29.5 Å². The van der Waals surface area contributed by atoms with E-state index in [4.69, 9.17) is 5.41 Å². The number of allylic oxidation sites excluding steroid dienone is 2. The quantitative estimate of drug-likeness (QED) is 0.776. The molecule has 0 aliphatic heterocycles. The molecular formula is C22H17FN2O. The van der Waals surface area contributed by atoms with E-state index in [1.165, 1.54) is 12.1 Å². The molecule has 0 atom stereocenters. The van der Waals surface area contributed by atoms with Gasteiger partial charge in [0.2, 0.25) is 5.78 Å². The van der Waals surface area contributed by atoms with E-state index in [9.17, 15) is 14.4 Å². The van der Waals surface area contributed by atoms with Gasteiger partial charge in [-0.05, 0) is 83.5 Å². The molecule has 128 valence electrons. The molecule has 1 aliphatic rings. The number of hydrogen-bond donors (Lipinski definition) is 1. The minimum absolute atomic E-state index is 0.0524. The number of Topliss-reactive ketones (excluding diaryl/α,β-unsaturated/α-hetero) is 1. The number of nitrogens with one attached hydrogen (secondary N) is 1.